The Labute approximate surface area is 131 Å². The monoisotopic (exact) mass is 338 g/mol. The molecule has 3 aromatic rings. The van der Waals surface area contributed by atoms with E-state index in [1.54, 1.807) is 37.4 Å². The molecule has 3 rings (SSSR count). The van der Waals surface area contributed by atoms with Crippen molar-refractivity contribution in [2.45, 2.75) is 17.8 Å². The van der Waals surface area contributed by atoms with Crippen molar-refractivity contribution < 1.29 is 12.9 Å². The van der Waals surface area contributed by atoms with Crippen LogP contribution in [0.2, 0.25) is 5.02 Å². The number of halogens is 1. The van der Waals surface area contributed by atoms with Gasteiger partial charge in [0.25, 0.3) is 0 Å². The van der Waals surface area contributed by atoms with Crippen molar-refractivity contribution in [3.63, 3.8) is 0 Å². The average Bonchev–Trinajstić information content (AvgIpc) is 3.08. The molecule has 0 saturated carbocycles. The van der Waals surface area contributed by atoms with E-state index in [0.717, 1.165) is 0 Å². The Morgan fingerprint density at radius 2 is 2.18 bits per heavy atom. The van der Waals surface area contributed by atoms with E-state index >= 15 is 0 Å². The third-order valence-electron chi connectivity index (χ3n) is 2.86. The Hall–Kier alpha value is -2.19. The van der Waals surface area contributed by atoms with Crippen LogP contribution in [0.15, 0.2) is 46.3 Å². The zero-order valence-corrected chi connectivity index (χ0v) is 13.0. The van der Waals surface area contributed by atoms with Gasteiger partial charge >= 0.3 is 0 Å². The summed E-state index contributed by atoms with van der Waals surface area (Å²) < 4.78 is 31.3. The maximum Gasteiger partial charge on any atom is 0.232 e. The highest BCUT2D eigenvalue weighted by Gasteiger charge is 2.24. The molecule has 0 N–H and O–H groups in total. The fourth-order valence-electron chi connectivity index (χ4n) is 1.98. The van der Waals surface area contributed by atoms with Gasteiger partial charge in [-0.1, -0.05) is 22.8 Å². The van der Waals surface area contributed by atoms with Crippen LogP contribution in [0.4, 0.5) is 0 Å². The molecule has 0 fully saturated rings. The first-order chi connectivity index (χ1) is 10.5. The molecule has 7 nitrogen and oxygen atoms in total. The molecular weight excluding hydrogens is 328 g/mol. The lowest BCUT2D eigenvalue weighted by molar-refractivity contribution is 0.388. The second kappa shape index (κ2) is 5.54. The molecule has 0 atom stereocenters. The Morgan fingerprint density at radius 3 is 2.86 bits per heavy atom. The predicted octanol–water partition coefficient (Wildman–Crippen LogP) is 2.19. The zero-order chi connectivity index (χ0) is 15.7. The van der Waals surface area contributed by atoms with E-state index in [1.807, 2.05) is 0 Å². The minimum Gasteiger partial charge on any atom is -0.340 e. The fraction of sp³-hybridized carbons (Fsp3) is 0.154. The number of hydrogen-bond donors (Lipinski definition) is 0. The van der Waals surface area contributed by atoms with E-state index in [4.69, 9.17) is 16.1 Å². The Balaban J connectivity index is 2.00. The lowest BCUT2D eigenvalue weighted by atomic mass is 10.3. The van der Waals surface area contributed by atoms with Crippen LogP contribution < -0.4 is 0 Å². The molecule has 0 aliphatic carbocycles. The van der Waals surface area contributed by atoms with Gasteiger partial charge in [-0.15, -0.1) is 0 Å². The summed E-state index contributed by atoms with van der Waals surface area (Å²) in [5.74, 6) is 0.0172. The number of rotatable bonds is 4. The summed E-state index contributed by atoms with van der Waals surface area (Å²) in [7, 11) is -3.72. The minimum absolute atomic E-state index is 0.0955. The molecule has 114 valence electrons. The topological polar surface area (TPSA) is 90.9 Å². The number of aryl methyl sites for hydroxylation is 1. The van der Waals surface area contributed by atoms with E-state index in [2.05, 4.69) is 15.1 Å². The summed E-state index contributed by atoms with van der Waals surface area (Å²) in [4.78, 5) is 7.85. The van der Waals surface area contributed by atoms with Crippen molar-refractivity contribution in [2.24, 2.45) is 0 Å². The SMILES string of the molecule is Cc1nc(CS(=O)(=O)c2nccn2-c2cccc(Cl)c2)no1. The molecule has 0 radical (unpaired) electrons. The van der Waals surface area contributed by atoms with Gasteiger partial charge in [0.1, 0.15) is 5.75 Å². The van der Waals surface area contributed by atoms with E-state index in [-0.39, 0.29) is 16.7 Å². The maximum atomic E-state index is 12.5. The fourth-order valence-corrected chi connectivity index (χ4v) is 3.44. The molecule has 22 heavy (non-hydrogen) atoms. The van der Waals surface area contributed by atoms with E-state index in [1.165, 1.54) is 10.8 Å². The third kappa shape index (κ3) is 2.88. The molecule has 0 unspecified atom stereocenters. The lowest BCUT2D eigenvalue weighted by Crippen LogP contribution is -2.12. The van der Waals surface area contributed by atoms with Gasteiger partial charge in [0.05, 0.1) is 0 Å². The van der Waals surface area contributed by atoms with Gasteiger partial charge in [0, 0.05) is 30.0 Å². The van der Waals surface area contributed by atoms with Crippen molar-refractivity contribution in [1.29, 1.82) is 0 Å². The standard InChI is InChI=1S/C13H11ClN4O3S/c1-9-16-12(17-21-9)8-22(19,20)13-15-5-6-18(13)11-4-2-3-10(14)7-11/h2-7H,8H2,1H3. The summed E-state index contributed by atoms with van der Waals surface area (Å²) in [5, 5.41) is 4.01. The first-order valence-electron chi connectivity index (χ1n) is 6.27. The van der Waals surface area contributed by atoms with Gasteiger partial charge in [-0.05, 0) is 18.2 Å². The molecule has 1 aromatic carbocycles. The van der Waals surface area contributed by atoms with Gasteiger partial charge < -0.3 is 4.52 Å². The van der Waals surface area contributed by atoms with Crippen LogP contribution >= 0.6 is 11.6 Å². The Morgan fingerprint density at radius 1 is 1.36 bits per heavy atom. The molecule has 2 aromatic heterocycles. The number of imidazole rings is 1. The molecule has 0 amide bonds. The molecule has 0 aliphatic rings. The van der Waals surface area contributed by atoms with Crippen LogP contribution in [0.5, 0.6) is 0 Å². The summed E-state index contributed by atoms with van der Waals surface area (Å²) in [6.07, 6.45) is 2.97. The quantitative estimate of drug-likeness (QED) is 0.724. The minimum atomic E-state index is -3.72. The van der Waals surface area contributed by atoms with E-state index in [0.29, 0.717) is 16.6 Å². The van der Waals surface area contributed by atoms with Crippen molar-refractivity contribution in [3.05, 3.63) is 53.4 Å². The molecule has 0 spiro atoms. The maximum absolute atomic E-state index is 12.5. The van der Waals surface area contributed by atoms with Gasteiger partial charge in [0.15, 0.2) is 5.82 Å². The first-order valence-corrected chi connectivity index (χ1v) is 8.30. The molecule has 9 heteroatoms. The number of nitrogens with zero attached hydrogens (tertiary/aromatic N) is 4. The van der Waals surface area contributed by atoms with Gasteiger partial charge in [-0.2, -0.15) is 4.98 Å². The number of sulfone groups is 1. The normalized spacial score (nSPS) is 11.7. The largest absolute Gasteiger partial charge is 0.340 e. The van der Waals surface area contributed by atoms with Gasteiger partial charge in [-0.25, -0.2) is 13.4 Å². The lowest BCUT2D eigenvalue weighted by Gasteiger charge is -2.07. The van der Waals surface area contributed by atoms with E-state index < -0.39 is 9.84 Å². The Kier molecular flexibility index (Phi) is 3.71. The van der Waals surface area contributed by atoms with Crippen molar-refractivity contribution in [2.75, 3.05) is 0 Å². The van der Waals surface area contributed by atoms with Crippen LogP contribution in [0.25, 0.3) is 5.69 Å². The summed E-state index contributed by atoms with van der Waals surface area (Å²) in [6, 6.07) is 6.83. The average molecular weight is 339 g/mol. The van der Waals surface area contributed by atoms with Crippen molar-refractivity contribution in [3.8, 4) is 5.69 Å². The molecule has 0 aliphatic heterocycles. The van der Waals surface area contributed by atoms with Crippen molar-refractivity contribution >= 4 is 21.4 Å². The number of hydrogen-bond acceptors (Lipinski definition) is 6. The zero-order valence-electron chi connectivity index (χ0n) is 11.5. The summed E-state index contributed by atoms with van der Waals surface area (Å²) in [5.41, 5.74) is 0.605. The van der Waals surface area contributed by atoms with Crippen LogP contribution in [0, 0.1) is 6.92 Å². The third-order valence-corrected chi connectivity index (χ3v) is 4.59. The van der Waals surface area contributed by atoms with Crippen molar-refractivity contribution in [1.82, 2.24) is 19.7 Å². The number of benzene rings is 1. The molecule has 0 bridgehead atoms. The van der Waals surface area contributed by atoms with E-state index in [9.17, 15) is 8.42 Å². The van der Waals surface area contributed by atoms with Crippen LogP contribution in [-0.4, -0.2) is 28.1 Å². The summed E-state index contributed by atoms with van der Waals surface area (Å²) >= 11 is 5.95. The highest BCUT2D eigenvalue weighted by atomic mass is 35.5. The van der Waals surface area contributed by atoms with Gasteiger partial charge in [0.2, 0.25) is 20.9 Å². The second-order valence-corrected chi connectivity index (χ2v) is 6.87. The van der Waals surface area contributed by atoms with Crippen LogP contribution in [0.1, 0.15) is 11.7 Å². The highest BCUT2D eigenvalue weighted by Crippen LogP contribution is 2.20. The summed E-state index contributed by atoms with van der Waals surface area (Å²) in [6.45, 7) is 1.59. The predicted molar refractivity (Wildman–Crippen MR) is 78.5 cm³/mol. The first kappa shape index (κ1) is 14.7. The highest BCUT2D eigenvalue weighted by molar-refractivity contribution is 7.90. The molecule has 2 heterocycles. The number of aromatic nitrogens is 4. The van der Waals surface area contributed by atoms with Crippen LogP contribution in [0.3, 0.4) is 0 Å². The molecular formula is C13H11ClN4O3S. The van der Waals surface area contributed by atoms with Crippen LogP contribution in [-0.2, 0) is 15.6 Å². The smallest absolute Gasteiger partial charge is 0.232 e. The Bertz CT molecular complexity index is 917. The molecule has 0 saturated heterocycles. The van der Waals surface area contributed by atoms with Gasteiger partial charge in [-0.3, -0.25) is 4.57 Å². The second-order valence-electron chi connectivity index (χ2n) is 4.55.